The van der Waals surface area contributed by atoms with Crippen molar-refractivity contribution in [2.45, 2.75) is 11.7 Å². The zero-order valence-corrected chi connectivity index (χ0v) is 6.41. The second-order valence-corrected chi connectivity index (χ2v) is 3.81. The highest BCUT2D eigenvalue weighted by molar-refractivity contribution is 8.15. The van der Waals surface area contributed by atoms with E-state index in [4.69, 9.17) is 0 Å². The fourth-order valence-electron chi connectivity index (χ4n) is 1.37. The summed E-state index contributed by atoms with van der Waals surface area (Å²) in [6.07, 6.45) is 2.86. The molecule has 54 valence electrons. The van der Waals surface area contributed by atoms with E-state index in [9.17, 15) is 4.79 Å². The molecular weight excluding hydrogens is 146 g/mol. The first-order chi connectivity index (χ1) is 4.86. The molecule has 2 heterocycles. The Kier molecular flexibility index (Phi) is 1.54. The van der Waals surface area contributed by atoms with Crippen LogP contribution in [0.15, 0.2) is 11.6 Å². The predicted molar refractivity (Wildman–Crippen MR) is 42.0 cm³/mol. The summed E-state index contributed by atoms with van der Waals surface area (Å²) >= 11 is 1.46. The van der Waals surface area contributed by atoms with Crippen molar-refractivity contribution in [1.29, 1.82) is 0 Å². The molecule has 2 aliphatic rings. The molecule has 1 atom stereocenters. The van der Waals surface area contributed by atoms with Gasteiger partial charge in [-0.2, -0.15) is 0 Å². The standard InChI is InChI=1S/C7H9NOS/c9-7-3-5-1-2-8-4-6(5)10-7/h3,6,8H,1-2,4H2. The van der Waals surface area contributed by atoms with Crippen LogP contribution >= 0.6 is 11.8 Å². The maximum atomic E-state index is 10.9. The number of rotatable bonds is 0. The van der Waals surface area contributed by atoms with Crippen molar-refractivity contribution >= 4 is 16.9 Å². The van der Waals surface area contributed by atoms with Crippen molar-refractivity contribution in [2.75, 3.05) is 13.1 Å². The van der Waals surface area contributed by atoms with Crippen molar-refractivity contribution in [3.63, 3.8) is 0 Å². The van der Waals surface area contributed by atoms with Crippen LogP contribution in [0.1, 0.15) is 6.42 Å². The smallest absolute Gasteiger partial charge is 0.212 e. The van der Waals surface area contributed by atoms with Gasteiger partial charge in [0.15, 0.2) is 0 Å². The van der Waals surface area contributed by atoms with Crippen molar-refractivity contribution in [3.05, 3.63) is 11.6 Å². The molecule has 0 bridgehead atoms. The normalized spacial score (nSPS) is 31.8. The topological polar surface area (TPSA) is 29.1 Å². The lowest BCUT2D eigenvalue weighted by molar-refractivity contribution is -0.106. The van der Waals surface area contributed by atoms with E-state index >= 15 is 0 Å². The summed E-state index contributed by atoms with van der Waals surface area (Å²) in [6.45, 7) is 2.01. The fourth-order valence-corrected chi connectivity index (χ4v) is 2.40. The van der Waals surface area contributed by atoms with Crippen LogP contribution in [0.2, 0.25) is 0 Å². The van der Waals surface area contributed by atoms with Gasteiger partial charge in [-0.3, -0.25) is 4.79 Å². The average molecular weight is 155 g/mol. The van der Waals surface area contributed by atoms with Gasteiger partial charge in [-0.15, -0.1) is 0 Å². The minimum atomic E-state index is 0.240. The van der Waals surface area contributed by atoms with Crippen LogP contribution in [0.25, 0.3) is 0 Å². The number of hydrogen-bond acceptors (Lipinski definition) is 3. The average Bonchev–Trinajstić information content (AvgIpc) is 2.27. The zero-order chi connectivity index (χ0) is 6.97. The van der Waals surface area contributed by atoms with Crippen LogP contribution < -0.4 is 5.32 Å². The van der Waals surface area contributed by atoms with Gasteiger partial charge in [0.05, 0.1) is 0 Å². The molecule has 10 heavy (non-hydrogen) atoms. The lowest BCUT2D eigenvalue weighted by atomic mass is 10.1. The Hall–Kier alpha value is -0.280. The zero-order valence-electron chi connectivity index (χ0n) is 5.59. The lowest BCUT2D eigenvalue weighted by Crippen LogP contribution is -2.32. The number of carbonyl (C=O) groups excluding carboxylic acids is 1. The summed E-state index contributed by atoms with van der Waals surface area (Å²) in [5, 5.41) is 3.96. The number of hydrogen-bond donors (Lipinski definition) is 1. The monoisotopic (exact) mass is 155 g/mol. The minimum absolute atomic E-state index is 0.240. The van der Waals surface area contributed by atoms with Crippen molar-refractivity contribution in [3.8, 4) is 0 Å². The highest BCUT2D eigenvalue weighted by Crippen LogP contribution is 2.31. The minimum Gasteiger partial charge on any atom is -0.315 e. The molecule has 0 spiro atoms. The summed E-state index contributed by atoms with van der Waals surface area (Å²) in [7, 11) is 0. The van der Waals surface area contributed by atoms with Gasteiger partial charge in [0.25, 0.3) is 0 Å². The number of nitrogens with one attached hydrogen (secondary N) is 1. The molecule has 0 amide bonds. The Balaban J connectivity index is 2.17. The van der Waals surface area contributed by atoms with E-state index in [1.807, 2.05) is 0 Å². The highest BCUT2D eigenvalue weighted by atomic mass is 32.2. The van der Waals surface area contributed by atoms with Crippen LogP contribution in [0.3, 0.4) is 0 Å². The van der Waals surface area contributed by atoms with Crippen molar-refractivity contribution in [2.24, 2.45) is 0 Å². The first kappa shape index (κ1) is 6.43. The lowest BCUT2D eigenvalue weighted by Gasteiger charge is -2.19. The molecule has 2 rings (SSSR count). The van der Waals surface area contributed by atoms with E-state index in [1.165, 1.54) is 17.3 Å². The van der Waals surface area contributed by atoms with Crippen LogP contribution in [-0.4, -0.2) is 23.5 Å². The second-order valence-electron chi connectivity index (χ2n) is 2.60. The SMILES string of the molecule is O=C1C=C2CCNCC2S1. The molecule has 1 saturated heterocycles. The summed E-state index contributed by atoms with van der Waals surface area (Å²) in [5.74, 6) is 0. The van der Waals surface area contributed by atoms with Gasteiger partial charge < -0.3 is 5.32 Å². The van der Waals surface area contributed by atoms with Crippen LogP contribution in [-0.2, 0) is 4.79 Å². The van der Waals surface area contributed by atoms with Crippen LogP contribution in [0, 0.1) is 0 Å². The summed E-state index contributed by atoms with van der Waals surface area (Å²) < 4.78 is 0. The number of fused-ring (bicyclic) bond motifs is 1. The Morgan fingerprint density at radius 1 is 1.70 bits per heavy atom. The molecule has 1 N–H and O–H groups in total. The van der Waals surface area contributed by atoms with Crippen molar-refractivity contribution < 1.29 is 4.79 Å². The molecule has 2 aliphatic heterocycles. The van der Waals surface area contributed by atoms with Gasteiger partial charge >= 0.3 is 0 Å². The molecule has 1 fully saturated rings. The van der Waals surface area contributed by atoms with E-state index in [2.05, 4.69) is 5.32 Å². The third-order valence-corrected chi connectivity index (χ3v) is 3.00. The number of carbonyl (C=O) groups is 1. The molecule has 2 nitrogen and oxygen atoms in total. The predicted octanol–water partition coefficient (Wildman–Crippen LogP) is 0.548. The van der Waals surface area contributed by atoms with E-state index in [1.54, 1.807) is 6.08 Å². The molecule has 0 aliphatic carbocycles. The number of thioether (sulfide) groups is 1. The Morgan fingerprint density at radius 3 is 3.40 bits per heavy atom. The van der Waals surface area contributed by atoms with Crippen LogP contribution in [0.5, 0.6) is 0 Å². The van der Waals surface area contributed by atoms with Gasteiger partial charge in [-0.1, -0.05) is 11.8 Å². The first-order valence-electron chi connectivity index (χ1n) is 3.48. The molecule has 0 saturated carbocycles. The first-order valence-corrected chi connectivity index (χ1v) is 4.36. The maximum absolute atomic E-state index is 10.9. The summed E-state index contributed by atoms with van der Waals surface area (Å²) in [4.78, 5) is 10.9. The van der Waals surface area contributed by atoms with E-state index in [0.717, 1.165) is 19.5 Å². The third-order valence-electron chi connectivity index (χ3n) is 1.90. The molecule has 0 aromatic carbocycles. The highest BCUT2D eigenvalue weighted by Gasteiger charge is 2.27. The second kappa shape index (κ2) is 2.40. The molecule has 3 heteroatoms. The largest absolute Gasteiger partial charge is 0.315 e. The van der Waals surface area contributed by atoms with Crippen molar-refractivity contribution in [1.82, 2.24) is 5.32 Å². The van der Waals surface area contributed by atoms with Gasteiger partial charge in [0.1, 0.15) is 0 Å². The van der Waals surface area contributed by atoms with E-state index in [-0.39, 0.29) is 5.12 Å². The van der Waals surface area contributed by atoms with Gasteiger partial charge in [0, 0.05) is 11.8 Å². The summed E-state index contributed by atoms with van der Waals surface area (Å²) in [5.41, 5.74) is 1.34. The molecule has 0 radical (unpaired) electrons. The van der Waals surface area contributed by atoms with E-state index in [0.29, 0.717) is 5.25 Å². The molecule has 0 aromatic rings. The Bertz CT molecular complexity index is 200. The molecule has 0 aromatic heterocycles. The van der Waals surface area contributed by atoms with Gasteiger partial charge in [0.2, 0.25) is 5.12 Å². The van der Waals surface area contributed by atoms with Gasteiger partial charge in [-0.05, 0) is 24.6 Å². The van der Waals surface area contributed by atoms with E-state index < -0.39 is 0 Å². The fraction of sp³-hybridized carbons (Fsp3) is 0.571. The van der Waals surface area contributed by atoms with Crippen LogP contribution in [0.4, 0.5) is 0 Å². The third kappa shape index (κ3) is 0.995. The quantitative estimate of drug-likeness (QED) is 0.554. The Morgan fingerprint density at radius 2 is 2.60 bits per heavy atom. The molecular formula is C7H9NOS. The maximum Gasteiger partial charge on any atom is 0.212 e. The number of piperidine rings is 1. The molecule has 1 unspecified atom stereocenters. The summed E-state index contributed by atoms with van der Waals surface area (Å²) in [6, 6.07) is 0. The van der Waals surface area contributed by atoms with Gasteiger partial charge in [-0.25, -0.2) is 0 Å². The Labute approximate surface area is 64.1 Å².